The Hall–Kier alpha value is -1.09. The SMILES string of the molecule is O=C1C=C[C@@]2(Cl)C(=C1)CC[C@H]1[C@@H]3CCC(=O)N3CC[C@@H]12. The lowest BCUT2D eigenvalue weighted by Gasteiger charge is -2.52. The fourth-order valence-corrected chi connectivity index (χ4v) is 5.24. The van der Waals surface area contributed by atoms with E-state index in [1.807, 2.05) is 6.08 Å². The van der Waals surface area contributed by atoms with Gasteiger partial charge in [0.15, 0.2) is 5.78 Å². The van der Waals surface area contributed by atoms with Crippen LogP contribution in [-0.2, 0) is 9.59 Å². The molecule has 3 fully saturated rings. The van der Waals surface area contributed by atoms with Crippen molar-refractivity contribution in [2.24, 2.45) is 11.8 Å². The van der Waals surface area contributed by atoms with E-state index >= 15 is 0 Å². The van der Waals surface area contributed by atoms with Gasteiger partial charge in [-0.15, -0.1) is 11.6 Å². The summed E-state index contributed by atoms with van der Waals surface area (Å²) in [5.74, 6) is 1.22. The molecule has 1 saturated carbocycles. The molecule has 0 unspecified atom stereocenters. The Bertz CT molecular complexity index is 553. The van der Waals surface area contributed by atoms with Crippen LogP contribution in [0.2, 0.25) is 0 Å². The zero-order valence-electron chi connectivity index (χ0n) is 11.3. The monoisotopic (exact) mass is 291 g/mol. The zero-order chi connectivity index (χ0) is 13.9. The van der Waals surface area contributed by atoms with Crippen molar-refractivity contribution in [3.63, 3.8) is 0 Å². The van der Waals surface area contributed by atoms with Gasteiger partial charge >= 0.3 is 0 Å². The first-order valence-corrected chi connectivity index (χ1v) is 7.90. The van der Waals surface area contributed by atoms with Gasteiger partial charge in [-0.25, -0.2) is 0 Å². The Kier molecular flexibility index (Phi) is 2.65. The largest absolute Gasteiger partial charge is 0.339 e. The normalized spacial score (nSPS) is 43.0. The fourth-order valence-electron chi connectivity index (χ4n) is 4.76. The minimum atomic E-state index is -0.478. The first-order chi connectivity index (χ1) is 9.59. The molecule has 106 valence electrons. The van der Waals surface area contributed by atoms with Crippen molar-refractivity contribution in [3.05, 3.63) is 23.8 Å². The van der Waals surface area contributed by atoms with Crippen LogP contribution in [0.5, 0.6) is 0 Å². The van der Waals surface area contributed by atoms with E-state index in [1.165, 1.54) is 0 Å². The van der Waals surface area contributed by atoms with Crippen LogP contribution >= 0.6 is 11.6 Å². The van der Waals surface area contributed by atoms with E-state index < -0.39 is 4.87 Å². The predicted molar refractivity (Wildman–Crippen MR) is 76.4 cm³/mol. The number of carbonyl (C=O) groups is 2. The number of rotatable bonds is 0. The van der Waals surface area contributed by atoms with E-state index in [0.29, 0.717) is 30.2 Å². The summed E-state index contributed by atoms with van der Waals surface area (Å²) in [6.45, 7) is 0.828. The van der Waals surface area contributed by atoms with Crippen LogP contribution in [0.3, 0.4) is 0 Å². The smallest absolute Gasteiger partial charge is 0.222 e. The second-order valence-corrected chi connectivity index (χ2v) is 7.09. The van der Waals surface area contributed by atoms with Crippen molar-refractivity contribution in [1.29, 1.82) is 0 Å². The van der Waals surface area contributed by atoms with E-state index in [1.54, 1.807) is 12.2 Å². The lowest BCUT2D eigenvalue weighted by molar-refractivity contribution is -0.132. The van der Waals surface area contributed by atoms with E-state index in [9.17, 15) is 9.59 Å². The molecule has 0 bridgehead atoms. The van der Waals surface area contributed by atoms with Crippen LogP contribution in [-0.4, -0.2) is 34.1 Å². The number of amides is 1. The van der Waals surface area contributed by atoms with E-state index in [4.69, 9.17) is 11.6 Å². The Balaban J connectivity index is 1.69. The number of piperidine rings is 1. The van der Waals surface area contributed by atoms with Gasteiger partial charge in [0.05, 0.1) is 4.87 Å². The lowest BCUT2D eigenvalue weighted by atomic mass is 9.62. The number of carbonyl (C=O) groups excluding carboxylic acids is 2. The summed E-state index contributed by atoms with van der Waals surface area (Å²) in [5, 5.41) is 0. The maximum absolute atomic E-state index is 11.9. The molecule has 0 N–H and O–H groups in total. The molecule has 4 aliphatic rings. The van der Waals surface area contributed by atoms with E-state index in [-0.39, 0.29) is 5.78 Å². The van der Waals surface area contributed by atoms with Gasteiger partial charge < -0.3 is 4.90 Å². The first-order valence-electron chi connectivity index (χ1n) is 7.52. The summed E-state index contributed by atoms with van der Waals surface area (Å²) in [7, 11) is 0. The van der Waals surface area contributed by atoms with Gasteiger partial charge in [-0.1, -0.05) is 6.08 Å². The molecule has 0 aromatic heterocycles. The number of hydrogen-bond acceptors (Lipinski definition) is 2. The van der Waals surface area contributed by atoms with Gasteiger partial charge in [0.25, 0.3) is 0 Å². The molecular formula is C16H18ClNO2. The van der Waals surface area contributed by atoms with Crippen molar-refractivity contribution in [1.82, 2.24) is 4.90 Å². The van der Waals surface area contributed by atoms with Crippen LogP contribution < -0.4 is 0 Å². The number of allylic oxidation sites excluding steroid dienone is 4. The highest BCUT2D eigenvalue weighted by Crippen LogP contribution is 2.54. The van der Waals surface area contributed by atoms with Crippen molar-refractivity contribution in [2.75, 3.05) is 6.54 Å². The molecule has 4 heteroatoms. The number of hydrogen-bond donors (Lipinski definition) is 0. The highest BCUT2D eigenvalue weighted by Gasteiger charge is 2.53. The molecule has 1 amide bonds. The van der Waals surface area contributed by atoms with Crippen molar-refractivity contribution in [2.45, 2.75) is 43.0 Å². The van der Waals surface area contributed by atoms with Crippen LogP contribution in [0.1, 0.15) is 32.1 Å². The topological polar surface area (TPSA) is 37.4 Å². The first kappa shape index (κ1) is 12.6. The van der Waals surface area contributed by atoms with E-state index in [2.05, 4.69) is 4.90 Å². The molecule has 20 heavy (non-hydrogen) atoms. The molecule has 2 heterocycles. The van der Waals surface area contributed by atoms with Crippen LogP contribution in [0.25, 0.3) is 0 Å². The molecule has 0 aromatic carbocycles. The molecule has 2 aliphatic carbocycles. The fraction of sp³-hybridized carbons (Fsp3) is 0.625. The molecule has 4 atom stereocenters. The number of halogens is 1. The second-order valence-electron chi connectivity index (χ2n) is 6.46. The number of alkyl halides is 1. The van der Waals surface area contributed by atoms with Gasteiger partial charge in [-0.3, -0.25) is 9.59 Å². The summed E-state index contributed by atoms with van der Waals surface area (Å²) in [6.07, 6.45) is 9.83. The number of ketones is 1. The van der Waals surface area contributed by atoms with E-state index in [0.717, 1.165) is 37.8 Å². The maximum Gasteiger partial charge on any atom is 0.222 e. The molecule has 0 radical (unpaired) electrons. The Labute approximate surface area is 123 Å². The average Bonchev–Trinajstić information content (AvgIpc) is 2.82. The highest BCUT2D eigenvalue weighted by atomic mass is 35.5. The van der Waals surface area contributed by atoms with Gasteiger partial charge in [-0.05, 0) is 55.2 Å². The third kappa shape index (κ3) is 1.59. The molecule has 2 saturated heterocycles. The zero-order valence-corrected chi connectivity index (χ0v) is 12.1. The number of fused-ring (bicyclic) bond motifs is 5. The Morgan fingerprint density at radius 2 is 2.05 bits per heavy atom. The summed E-state index contributed by atoms with van der Waals surface area (Å²) in [4.78, 5) is 25.1. The molecular weight excluding hydrogens is 274 g/mol. The molecule has 3 nitrogen and oxygen atoms in total. The van der Waals surface area contributed by atoms with Crippen molar-refractivity contribution >= 4 is 23.3 Å². The van der Waals surface area contributed by atoms with Gasteiger partial charge in [0.1, 0.15) is 0 Å². The van der Waals surface area contributed by atoms with Crippen LogP contribution in [0, 0.1) is 11.8 Å². The minimum absolute atomic E-state index is 0.0585. The standard InChI is InChI=1S/C16H18ClNO2/c17-16-7-5-11(19)9-10(16)1-2-12-13(16)6-8-18-14(12)3-4-15(18)20/h5,7,9,12-14H,1-4,6,8H2/t12-,13+,14+,16-/m1/s1. The van der Waals surface area contributed by atoms with Crippen LogP contribution in [0.15, 0.2) is 23.8 Å². The van der Waals surface area contributed by atoms with Gasteiger partial charge in [0, 0.05) is 19.0 Å². The van der Waals surface area contributed by atoms with Crippen LogP contribution in [0.4, 0.5) is 0 Å². The van der Waals surface area contributed by atoms with Gasteiger partial charge in [-0.2, -0.15) is 0 Å². The minimum Gasteiger partial charge on any atom is -0.339 e. The molecule has 0 aromatic rings. The quantitative estimate of drug-likeness (QED) is 0.643. The molecule has 4 rings (SSSR count). The molecule has 2 aliphatic heterocycles. The van der Waals surface area contributed by atoms with Crippen molar-refractivity contribution in [3.8, 4) is 0 Å². The third-order valence-corrected chi connectivity index (χ3v) is 6.30. The third-order valence-electron chi connectivity index (χ3n) is 5.65. The summed E-state index contributed by atoms with van der Waals surface area (Å²) in [6, 6.07) is 0.379. The Morgan fingerprint density at radius 1 is 1.20 bits per heavy atom. The Morgan fingerprint density at radius 3 is 2.90 bits per heavy atom. The van der Waals surface area contributed by atoms with Crippen molar-refractivity contribution < 1.29 is 9.59 Å². The number of nitrogens with zero attached hydrogens (tertiary/aromatic N) is 1. The summed E-state index contributed by atoms with van der Waals surface area (Å²) >= 11 is 6.93. The maximum atomic E-state index is 11.9. The summed E-state index contributed by atoms with van der Waals surface area (Å²) < 4.78 is 0. The average molecular weight is 292 g/mol. The molecule has 0 spiro atoms. The summed E-state index contributed by atoms with van der Waals surface area (Å²) in [5.41, 5.74) is 1.09. The predicted octanol–water partition coefficient (Wildman–Crippen LogP) is 2.45. The van der Waals surface area contributed by atoms with Gasteiger partial charge in [0.2, 0.25) is 5.91 Å². The lowest BCUT2D eigenvalue weighted by Crippen LogP contribution is -2.55. The highest BCUT2D eigenvalue weighted by molar-refractivity contribution is 6.29. The second kappa shape index (κ2) is 4.20.